The summed E-state index contributed by atoms with van der Waals surface area (Å²) in [5.74, 6) is -0.786. The lowest BCUT2D eigenvalue weighted by Gasteiger charge is -2.41. The van der Waals surface area contributed by atoms with Gasteiger partial charge >= 0.3 is 5.97 Å². The number of carbonyl (C=O) groups is 1. The van der Waals surface area contributed by atoms with E-state index in [4.69, 9.17) is 22.4 Å². The van der Waals surface area contributed by atoms with Crippen LogP contribution in [0, 0.1) is 0 Å². The Morgan fingerprint density at radius 3 is 2.76 bits per heavy atom. The van der Waals surface area contributed by atoms with Gasteiger partial charge in [-0.05, 0) is 18.2 Å². The van der Waals surface area contributed by atoms with E-state index in [-0.39, 0.29) is 11.2 Å². The molecule has 0 bridgehead atoms. The molecule has 92 valence electrons. The monoisotopic (exact) mass is 272 g/mol. The number of aliphatic carboxylic acids is 1. The maximum Gasteiger partial charge on any atom is 0.304 e. The molecule has 1 fully saturated rings. The SMILES string of the molecule is Nc1cc(Cl)ccc1SC1(CC(=O)O)CNC1. The Bertz CT molecular complexity index is 449. The third-order valence-corrected chi connectivity index (χ3v) is 4.36. The number of nitrogens with two attached hydrogens (primary N) is 1. The summed E-state index contributed by atoms with van der Waals surface area (Å²) in [5, 5.41) is 12.6. The smallest absolute Gasteiger partial charge is 0.304 e. The number of benzene rings is 1. The van der Waals surface area contributed by atoms with Crippen molar-refractivity contribution in [3.8, 4) is 0 Å². The van der Waals surface area contributed by atoms with Gasteiger partial charge in [-0.1, -0.05) is 11.6 Å². The Labute approximate surface area is 109 Å². The van der Waals surface area contributed by atoms with Gasteiger partial charge in [-0.15, -0.1) is 11.8 Å². The fourth-order valence-electron chi connectivity index (χ4n) is 1.76. The second-order valence-electron chi connectivity index (χ2n) is 4.14. The molecule has 17 heavy (non-hydrogen) atoms. The Kier molecular flexibility index (Phi) is 3.51. The standard InChI is InChI=1S/C11H13ClN2O2S/c12-7-1-2-9(8(13)3-7)17-11(4-10(15)16)5-14-6-11/h1-3,14H,4-6,13H2,(H,15,16). The summed E-state index contributed by atoms with van der Waals surface area (Å²) in [6.07, 6.45) is 0.132. The fourth-order valence-corrected chi connectivity index (χ4v) is 3.26. The van der Waals surface area contributed by atoms with Crippen molar-refractivity contribution >= 4 is 35.0 Å². The number of carboxylic acid groups (broad SMARTS) is 1. The molecule has 0 unspecified atom stereocenters. The van der Waals surface area contributed by atoms with Gasteiger partial charge < -0.3 is 16.2 Å². The topological polar surface area (TPSA) is 75.4 Å². The van der Waals surface area contributed by atoms with Gasteiger partial charge in [-0.25, -0.2) is 0 Å². The van der Waals surface area contributed by atoms with Crippen molar-refractivity contribution in [1.29, 1.82) is 0 Å². The van der Waals surface area contributed by atoms with Crippen LogP contribution >= 0.6 is 23.4 Å². The molecule has 1 aliphatic heterocycles. The summed E-state index contributed by atoms with van der Waals surface area (Å²) in [6, 6.07) is 5.29. The minimum absolute atomic E-state index is 0.132. The minimum Gasteiger partial charge on any atom is -0.481 e. The number of carboxylic acids is 1. The third-order valence-electron chi connectivity index (χ3n) is 2.67. The van der Waals surface area contributed by atoms with Crippen molar-refractivity contribution in [2.75, 3.05) is 18.8 Å². The van der Waals surface area contributed by atoms with Crippen LogP contribution in [0.15, 0.2) is 23.1 Å². The Hall–Kier alpha value is -0.910. The zero-order valence-electron chi connectivity index (χ0n) is 9.07. The molecule has 1 saturated heterocycles. The van der Waals surface area contributed by atoms with Gasteiger partial charge in [-0.3, -0.25) is 4.79 Å². The molecule has 2 rings (SSSR count). The van der Waals surface area contributed by atoms with Gasteiger partial charge in [0, 0.05) is 28.7 Å². The van der Waals surface area contributed by atoms with Gasteiger partial charge in [-0.2, -0.15) is 0 Å². The summed E-state index contributed by atoms with van der Waals surface area (Å²) < 4.78 is -0.284. The number of halogens is 1. The zero-order chi connectivity index (χ0) is 12.5. The molecule has 1 aliphatic rings. The molecule has 0 atom stereocenters. The maximum atomic E-state index is 10.8. The Morgan fingerprint density at radius 1 is 1.59 bits per heavy atom. The summed E-state index contributed by atoms with van der Waals surface area (Å²) in [7, 11) is 0. The van der Waals surface area contributed by atoms with Gasteiger partial charge in [0.2, 0.25) is 0 Å². The maximum absolute atomic E-state index is 10.8. The molecule has 0 aromatic heterocycles. The van der Waals surface area contributed by atoms with Crippen molar-refractivity contribution in [3.63, 3.8) is 0 Å². The molecule has 1 aromatic carbocycles. The lowest BCUT2D eigenvalue weighted by Crippen LogP contribution is -2.57. The lowest BCUT2D eigenvalue weighted by molar-refractivity contribution is -0.138. The second kappa shape index (κ2) is 4.76. The van der Waals surface area contributed by atoms with Crippen molar-refractivity contribution < 1.29 is 9.90 Å². The molecule has 6 heteroatoms. The first-order chi connectivity index (χ1) is 8.01. The van der Waals surface area contributed by atoms with E-state index in [1.165, 1.54) is 11.8 Å². The summed E-state index contributed by atoms with van der Waals surface area (Å²) >= 11 is 7.34. The second-order valence-corrected chi connectivity index (χ2v) is 6.09. The highest BCUT2D eigenvalue weighted by atomic mass is 35.5. The van der Waals surface area contributed by atoms with E-state index in [2.05, 4.69) is 5.32 Å². The van der Waals surface area contributed by atoms with Crippen LogP contribution in [-0.2, 0) is 4.79 Å². The first-order valence-electron chi connectivity index (χ1n) is 5.17. The van der Waals surface area contributed by atoms with Crippen molar-refractivity contribution in [1.82, 2.24) is 5.32 Å². The van der Waals surface area contributed by atoms with E-state index in [1.54, 1.807) is 12.1 Å². The highest BCUT2D eigenvalue weighted by Crippen LogP contribution is 2.41. The zero-order valence-corrected chi connectivity index (χ0v) is 10.6. The van der Waals surface area contributed by atoms with Gasteiger partial charge in [0.15, 0.2) is 0 Å². The summed E-state index contributed by atoms with van der Waals surface area (Å²) in [4.78, 5) is 11.7. The normalized spacial score (nSPS) is 17.5. The first kappa shape index (κ1) is 12.5. The van der Waals surface area contributed by atoms with Crippen molar-refractivity contribution in [3.05, 3.63) is 23.2 Å². The van der Waals surface area contributed by atoms with Crippen LogP contribution in [0.25, 0.3) is 0 Å². The van der Waals surface area contributed by atoms with Crippen molar-refractivity contribution in [2.24, 2.45) is 0 Å². The van der Waals surface area contributed by atoms with E-state index in [0.717, 1.165) is 4.90 Å². The molecule has 4 nitrogen and oxygen atoms in total. The molecule has 4 N–H and O–H groups in total. The van der Waals surface area contributed by atoms with Crippen LogP contribution < -0.4 is 11.1 Å². The van der Waals surface area contributed by atoms with E-state index in [1.807, 2.05) is 6.07 Å². The van der Waals surface area contributed by atoms with E-state index in [0.29, 0.717) is 23.8 Å². The molecule has 0 spiro atoms. The predicted molar refractivity (Wildman–Crippen MR) is 69.6 cm³/mol. The number of thioether (sulfide) groups is 1. The molecule has 0 amide bonds. The molecule has 0 saturated carbocycles. The van der Waals surface area contributed by atoms with E-state index < -0.39 is 5.97 Å². The summed E-state index contributed by atoms with van der Waals surface area (Å²) in [6.45, 7) is 1.37. The number of nitrogen functional groups attached to an aromatic ring is 1. The minimum atomic E-state index is -0.786. The summed E-state index contributed by atoms with van der Waals surface area (Å²) in [5.41, 5.74) is 6.46. The molecular formula is C11H13ClN2O2S. The third kappa shape index (κ3) is 2.86. The predicted octanol–water partition coefficient (Wildman–Crippen LogP) is 1.83. The largest absolute Gasteiger partial charge is 0.481 e. The number of hydrogen-bond acceptors (Lipinski definition) is 4. The number of rotatable bonds is 4. The number of hydrogen-bond donors (Lipinski definition) is 3. The first-order valence-corrected chi connectivity index (χ1v) is 6.37. The lowest BCUT2D eigenvalue weighted by atomic mass is 9.98. The highest BCUT2D eigenvalue weighted by molar-refractivity contribution is 8.01. The van der Waals surface area contributed by atoms with Gasteiger partial charge in [0.1, 0.15) is 0 Å². The number of anilines is 1. The van der Waals surface area contributed by atoms with Crippen LogP contribution in [-0.4, -0.2) is 28.9 Å². The quantitative estimate of drug-likeness (QED) is 0.729. The van der Waals surface area contributed by atoms with Crippen LogP contribution in [0.4, 0.5) is 5.69 Å². The van der Waals surface area contributed by atoms with Gasteiger partial charge in [0.25, 0.3) is 0 Å². The van der Waals surface area contributed by atoms with Gasteiger partial charge in [0.05, 0.1) is 11.2 Å². The van der Waals surface area contributed by atoms with E-state index >= 15 is 0 Å². The van der Waals surface area contributed by atoms with E-state index in [9.17, 15) is 4.79 Å². The van der Waals surface area contributed by atoms with Crippen LogP contribution in [0.5, 0.6) is 0 Å². The average Bonchev–Trinajstić information content (AvgIpc) is 2.18. The molecule has 1 heterocycles. The van der Waals surface area contributed by atoms with Crippen LogP contribution in [0.1, 0.15) is 6.42 Å². The Balaban J connectivity index is 2.15. The fraction of sp³-hybridized carbons (Fsp3) is 0.364. The molecule has 0 radical (unpaired) electrons. The molecular weight excluding hydrogens is 260 g/mol. The van der Waals surface area contributed by atoms with Crippen molar-refractivity contribution in [2.45, 2.75) is 16.1 Å². The average molecular weight is 273 g/mol. The highest BCUT2D eigenvalue weighted by Gasteiger charge is 2.40. The number of nitrogens with one attached hydrogen (secondary N) is 1. The van der Waals surface area contributed by atoms with Crippen LogP contribution in [0.3, 0.4) is 0 Å². The van der Waals surface area contributed by atoms with Crippen LogP contribution in [0.2, 0.25) is 5.02 Å². The molecule has 0 aliphatic carbocycles. The Morgan fingerprint density at radius 2 is 2.29 bits per heavy atom. The molecule has 1 aromatic rings.